The van der Waals surface area contributed by atoms with Crippen molar-refractivity contribution >= 4 is 17.6 Å². The first-order chi connectivity index (χ1) is 12.5. The molecule has 0 unspecified atom stereocenters. The van der Waals surface area contributed by atoms with Crippen molar-refractivity contribution in [3.63, 3.8) is 0 Å². The molecule has 0 aromatic heterocycles. The largest absolute Gasteiger partial charge is 0.484 e. The lowest BCUT2D eigenvalue weighted by Gasteiger charge is -2.35. The van der Waals surface area contributed by atoms with Crippen LogP contribution in [0.1, 0.15) is 43.5 Å². The van der Waals surface area contributed by atoms with Crippen LogP contribution in [0.2, 0.25) is 0 Å². The molecule has 6 nitrogen and oxygen atoms in total. The van der Waals surface area contributed by atoms with Crippen LogP contribution in [0.3, 0.4) is 0 Å². The summed E-state index contributed by atoms with van der Waals surface area (Å²) in [6.45, 7) is 5.37. The first kappa shape index (κ1) is 18.4. The number of fused-ring (bicyclic) bond motifs is 4. The van der Waals surface area contributed by atoms with Gasteiger partial charge in [0.2, 0.25) is 5.91 Å². The number of hydrogen-bond acceptors (Lipinski definition) is 4. The Morgan fingerprint density at radius 1 is 1.15 bits per heavy atom. The Labute approximate surface area is 154 Å². The maximum absolute atomic E-state index is 12.6. The van der Waals surface area contributed by atoms with Crippen LogP contribution in [0.5, 0.6) is 5.75 Å². The molecular formula is C20H26N2O4. The van der Waals surface area contributed by atoms with Crippen LogP contribution in [0.4, 0.5) is 0 Å². The SMILES string of the molecule is CCCN1C(=O)[C@@H]2CC[C@H]1CN(C(=O)COc1ccc(C(C)=O)cc1)C2. The van der Waals surface area contributed by atoms with Crippen molar-refractivity contribution in [1.82, 2.24) is 9.80 Å². The molecule has 140 valence electrons. The molecule has 6 heteroatoms. The number of ketones is 1. The fraction of sp³-hybridized carbons (Fsp3) is 0.550. The molecular weight excluding hydrogens is 332 g/mol. The van der Waals surface area contributed by atoms with Gasteiger partial charge in [-0.15, -0.1) is 0 Å². The fourth-order valence-corrected chi connectivity index (χ4v) is 3.80. The monoisotopic (exact) mass is 358 g/mol. The van der Waals surface area contributed by atoms with Gasteiger partial charge in [-0.3, -0.25) is 14.4 Å². The van der Waals surface area contributed by atoms with E-state index in [2.05, 4.69) is 6.92 Å². The molecule has 1 aromatic carbocycles. The smallest absolute Gasteiger partial charge is 0.260 e. The third-order valence-corrected chi connectivity index (χ3v) is 5.23. The molecule has 3 fully saturated rings. The van der Waals surface area contributed by atoms with Crippen molar-refractivity contribution in [3.8, 4) is 5.75 Å². The Bertz CT molecular complexity index is 686. The van der Waals surface area contributed by atoms with Gasteiger partial charge in [0.1, 0.15) is 5.75 Å². The molecule has 0 radical (unpaired) electrons. The van der Waals surface area contributed by atoms with Gasteiger partial charge < -0.3 is 14.5 Å². The van der Waals surface area contributed by atoms with E-state index in [9.17, 15) is 14.4 Å². The number of rotatable bonds is 6. The predicted octanol–water partition coefficient (Wildman–Crippen LogP) is 2.13. The summed E-state index contributed by atoms with van der Waals surface area (Å²) in [5.74, 6) is 0.570. The standard InChI is InChI=1S/C20H26N2O4/c1-3-10-22-17-7-4-16(20(22)25)11-21(12-17)19(24)13-26-18-8-5-15(6-9-18)14(2)23/h5-6,8-9,16-17H,3-4,7,10-13H2,1-2H3/t16-,17+/m1/s1. The van der Waals surface area contributed by atoms with E-state index < -0.39 is 0 Å². The predicted molar refractivity (Wildman–Crippen MR) is 97.0 cm³/mol. The molecule has 4 rings (SSSR count). The number of piperidine rings is 1. The number of hydrogen-bond donors (Lipinski definition) is 0. The Balaban J connectivity index is 1.60. The second-order valence-electron chi connectivity index (χ2n) is 7.13. The molecule has 26 heavy (non-hydrogen) atoms. The maximum Gasteiger partial charge on any atom is 0.260 e. The summed E-state index contributed by atoms with van der Waals surface area (Å²) in [6.07, 6.45) is 2.76. The van der Waals surface area contributed by atoms with Crippen LogP contribution in [0.25, 0.3) is 0 Å². The van der Waals surface area contributed by atoms with Gasteiger partial charge in [0, 0.05) is 31.2 Å². The second kappa shape index (κ2) is 7.89. The summed E-state index contributed by atoms with van der Waals surface area (Å²) in [5.41, 5.74) is 0.613. The van der Waals surface area contributed by atoms with E-state index in [1.807, 2.05) is 4.90 Å². The summed E-state index contributed by atoms with van der Waals surface area (Å²) in [6, 6.07) is 6.90. The highest BCUT2D eigenvalue weighted by Gasteiger charge is 2.41. The average molecular weight is 358 g/mol. The summed E-state index contributed by atoms with van der Waals surface area (Å²) in [5, 5.41) is 0. The molecule has 0 spiro atoms. The highest BCUT2D eigenvalue weighted by Crippen LogP contribution is 2.29. The van der Waals surface area contributed by atoms with Gasteiger partial charge in [0.05, 0.1) is 5.92 Å². The van der Waals surface area contributed by atoms with Crippen LogP contribution in [0.15, 0.2) is 24.3 Å². The van der Waals surface area contributed by atoms with Crippen LogP contribution < -0.4 is 4.74 Å². The zero-order chi connectivity index (χ0) is 18.7. The van der Waals surface area contributed by atoms with E-state index >= 15 is 0 Å². The summed E-state index contributed by atoms with van der Waals surface area (Å²) < 4.78 is 5.59. The molecule has 3 aliphatic heterocycles. The van der Waals surface area contributed by atoms with E-state index in [1.54, 1.807) is 29.2 Å². The van der Waals surface area contributed by atoms with E-state index in [1.165, 1.54) is 6.92 Å². The normalized spacial score (nSPS) is 22.3. The van der Waals surface area contributed by atoms with Crippen LogP contribution >= 0.6 is 0 Å². The van der Waals surface area contributed by atoms with E-state index in [0.29, 0.717) is 24.4 Å². The Morgan fingerprint density at radius 3 is 2.54 bits per heavy atom. The number of nitrogens with zero attached hydrogens (tertiary/aromatic N) is 2. The van der Waals surface area contributed by atoms with E-state index in [4.69, 9.17) is 4.74 Å². The lowest BCUT2D eigenvalue weighted by molar-refractivity contribution is -0.139. The summed E-state index contributed by atoms with van der Waals surface area (Å²) in [4.78, 5) is 40.2. The molecule has 3 saturated heterocycles. The third kappa shape index (κ3) is 3.89. The highest BCUT2D eigenvalue weighted by molar-refractivity contribution is 5.94. The van der Waals surface area contributed by atoms with Crippen LogP contribution in [0, 0.1) is 5.92 Å². The molecule has 1 aromatic rings. The Kier molecular flexibility index (Phi) is 5.59. The minimum Gasteiger partial charge on any atom is -0.484 e. The number of carbonyl (C=O) groups is 3. The number of ether oxygens (including phenoxy) is 1. The van der Waals surface area contributed by atoms with Crippen molar-refractivity contribution in [2.75, 3.05) is 26.2 Å². The summed E-state index contributed by atoms with van der Waals surface area (Å²) >= 11 is 0. The number of carbonyl (C=O) groups excluding carboxylic acids is 3. The number of benzene rings is 1. The van der Waals surface area contributed by atoms with Gasteiger partial charge in [-0.05, 0) is 50.5 Å². The van der Waals surface area contributed by atoms with E-state index in [0.717, 1.165) is 25.8 Å². The van der Waals surface area contributed by atoms with Gasteiger partial charge in [-0.25, -0.2) is 0 Å². The maximum atomic E-state index is 12.6. The topological polar surface area (TPSA) is 66.9 Å². The minimum atomic E-state index is -0.0938. The fourth-order valence-electron chi connectivity index (χ4n) is 3.80. The second-order valence-corrected chi connectivity index (χ2v) is 7.13. The van der Waals surface area contributed by atoms with Gasteiger partial charge in [-0.2, -0.15) is 0 Å². The first-order valence-electron chi connectivity index (χ1n) is 9.31. The quantitative estimate of drug-likeness (QED) is 0.731. The molecule has 0 N–H and O–H groups in total. The Hall–Kier alpha value is -2.37. The molecule has 3 aliphatic rings. The Morgan fingerprint density at radius 2 is 1.88 bits per heavy atom. The zero-order valence-corrected chi connectivity index (χ0v) is 15.4. The molecule has 2 bridgehead atoms. The van der Waals surface area contributed by atoms with Crippen molar-refractivity contribution in [1.29, 1.82) is 0 Å². The molecule has 0 saturated carbocycles. The van der Waals surface area contributed by atoms with Gasteiger partial charge in [0.15, 0.2) is 12.4 Å². The molecule has 2 atom stereocenters. The van der Waals surface area contributed by atoms with Crippen LogP contribution in [-0.2, 0) is 9.59 Å². The molecule has 3 heterocycles. The number of amides is 2. The lowest BCUT2D eigenvalue weighted by Crippen LogP contribution is -2.48. The van der Waals surface area contributed by atoms with Gasteiger partial charge in [0.25, 0.3) is 5.91 Å². The lowest BCUT2D eigenvalue weighted by atomic mass is 9.94. The van der Waals surface area contributed by atoms with Crippen molar-refractivity contribution in [2.45, 2.75) is 39.2 Å². The molecule has 0 aliphatic carbocycles. The highest BCUT2D eigenvalue weighted by atomic mass is 16.5. The molecule has 2 amide bonds. The van der Waals surface area contributed by atoms with Crippen LogP contribution in [-0.4, -0.2) is 59.7 Å². The van der Waals surface area contributed by atoms with Gasteiger partial charge in [-0.1, -0.05) is 6.92 Å². The van der Waals surface area contributed by atoms with Gasteiger partial charge >= 0.3 is 0 Å². The average Bonchev–Trinajstić information content (AvgIpc) is 2.93. The minimum absolute atomic E-state index is 0.00558. The zero-order valence-electron chi connectivity index (χ0n) is 15.4. The van der Waals surface area contributed by atoms with Crippen molar-refractivity contribution in [2.24, 2.45) is 5.92 Å². The van der Waals surface area contributed by atoms with E-state index in [-0.39, 0.29) is 36.2 Å². The summed E-state index contributed by atoms with van der Waals surface area (Å²) in [7, 11) is 0. The first-order valence-corrected chi connectivity index (χ1v) is 9.31. The van der Waals surface area contributed by atoms with Crippen molar-refractivity contribution in [3.05, 3.63) is 29.8 Å². The van der Waals surface area contributed by atoms with Crippen molar-refractivity contribution < 1.29 is 19.1 Å². The third-order valence-electron chi connectivity index (χ3n) is 5.23. The number of Topliss-reactive ketones (excluding diaryl/α,β-unsaturated/α-hetero) is 1.